The number of nitrogens with zero attached hydrogens (tertiary/aromatic N) is 4. The summed E-state index contributed by atoms with van der Waals surface area (Å²) >= 11 is 6.01. The number of carbonyl (C=O) groups is 1. The molecule has 10 heteroatoms. The van der Waals surface area contributed by atoms with Gasteiger partial charge in [0.1, 0.15) is 12.7 Å². The van der Waals surface area contributed by atoms with Crippen molar-refractivity contribution in [3.05, 3.63) is 35.9 Å². The van der Waals surface area contributed by atoms with Crippen LogP contribution in [0, 0.1) is 0 Å². The van der Waals surface area contributed by atoms with Gasteiger partial charge in [0.15, 0.2) is 9.84 Å². The Morgan fingerprint density at radius 1 is 1.29 bits per heavy atom. The number of rotatable bonds is 4. The van der Waals surface area contributed by atoms with Gasteiger partial charge in [0.05, 0.1) is 29.4 Å². The molecule has 1 saturated heterocycles. The number of amides is 1. The first kappa shape index (κ1) is 16.9. The van der Waals surface area contributed by atoms with Crippen molar-refractivity contribution in [2.45, 2.75) is 0 Å². The maximum absolute atomic E-state index is 12.3. The van der Waals surface area contributed by atoms with Crippen LogP contribution in [0.3, 0.4) is 0 Å². The molecule has 1 aliphatic heterocycles. The molecule has 2 heterocycles. The summed E-state index contributed by atoms with van der Waals surface area (Å²) in [5.74, 6) is -0.0681. The third-order valence-electron chi connectivity index (χ3n) is 3.70. The molecule has 24 heavy (non-hydrogen) atoms. The Balaban J connectivity index is 1.69. The zero-order chi connectivity index (χ0) is 17.2. The van der Waals surface area contributed by atoms with Crippen molar-refractivity contribution in [1.29, 1.82) is 0 Å². The third kappa shape index (κ3) is 4.11. The summed E-state index contributed by atoms with van der Waals surface area (Å²) in [6.45, 7) is 0.849. The summed E-state index contributed by atoms with van der Waals surface area (Å²) in [6.07, 6.45) is 2.92. The van der Waals surface area contributed by atoms with Gasteiger partial charge in [0, 0.05) is 18.1 Å². The molecule has 1 fully saturated rings. The molecule has 1 N–H and O–H groups in total. The average Bonchev–Trinajstić information content (AvgIpc) is 3.04. The van der Waals surface area contributed by atoms with Gasteiger partial charge >= 0.3 is 0 Å². The number of carbonyl (C=O) groups excluding carboxylic acids is 1. The average molecular weight is 370 g/mol. The molecule has 0 spiro atoms. The van der Waals surface area contributed by atoms with Gasteiger partial charge in [-0.3, -0.25) is 9.69 Å². The molecule has 1 aromatic carbocycles. The molecule has 2 aromatic rings. The highest BCUT2D eigenvalue weighted by Crippen LogP contribution is 2.24. The van der Waals surface area contributed by atoms with E-state index in [0.717, 1.165) is 0 Å². The Morgan fingerprint density at radius 2 is 2.04 bits per heavy atom. The van der Waals surface area contributed by atoms with Crippen molar-refractivity contribution in [3.8, 4) is 5.69 Å². The van der Waals surface area contributed by atoms with Crippen LogP contribution in [0.1, 0.15) is 0 Å². The van der Waals surface area contributed by atoms with E-state index in [0.29, 0.717) is 29.5 Å². The lowest BCUT2D eigenvalue weighted by molar-refractivity contribution is -0.117. The van der Waals surface area contributed by atoms with E-state index in [4.69, 9.17) is 11.6 Å². The second kappa shape index (κ2) is 6.88. The zero-order valence-corrected chi connectivity index (χ0v) is 14.3. The summed E-state index contributed by atoms with van der Waals surface area (Å²) in [5, 5.41) is 7.34. The minimum Gasteiger partial charge on any atom is -0.323 e. The van der Waals surface area contributed by atoms with Gasteiger partial charge in [0.25, 0.3) is 0 Å². The quantitative estimate of drug-likeness (QED) is 0.847. The highest BCUT2D eigenvalue weighted by Gasteiger charge is 2.23. The molecule has 0 saturated carbocycles. The number of hydrogen-bond donors (Lipinski definition) is 1. The third-order valence-corrected chi connectivity index (χ3v) is 5.55. The van der Waals surface area contributed by atoms with Gasteiger partial charge in [-0.1, -0.05) is 11.6 Å². The molecular weight excluding hydrogens is 354 g/mol. The Hall–Kier alpha value is -1.97. The van der Waals surface area contributed by atoms with Gasteiger partial charge in [0.2, 0.25) is 5.91 Å². The number of sulfone groups is 1. The number of aromatic nitrogens is 3. The normalized spacial score (nSPS) is 17.5. The van der Waals surface area contributed by atoms with E-state index >= 15 is 0 Å². The van der Waals surface area contributed by atoms with E-state index in [1.165, 1.54) is 17.3 Å². The minimum absolute atomic E-state index is 0.0850. The van der Waals surface area contributed by atoms with Crippen LogP contribution in [0.15, 0.2) is 30.9 Å². The lowest BCUT2D eigenvalue weighted by atomic mass is 10.2. The zero-order valence-electron chi connectivity index (χ0n) is 12.7. The smallest absolute Gasteiger partial charge is 0.238 e. The molecule has 0 bridgehead atoms. The fourth-order valence-corrected chi connectivity index (χ4v) is 3.89. The van der Waals surface area contributed by atoms with Crippen LogP contribution < -0.4 is 5.32 Å². The maximum Gasteiger partial charge on any atom is 0.238 e. The van der Waals surface area contributed by atoms with E-state index < -0.39 is 9.84 Å². The fraction of sp³-hybridized carbons (Fsp3) is 0.357. The highest BCUT2D eigenvalue weighted by atomic mass is 35.5. The Morgan fingerprint density at radius 3 is 2.71 bits per heavy atom. The van der Waals surface area contributed by atoms with Crippen molar-refractivity contribution < 1.29 is 13.2 Å². The molecule has 8 nitrogen and oxygen atoms in total. The largest absolute Gasteiger partial charge is 0.323 e. The SMILES string of the molecule is O=C(CN1CCS(=O)(=O)CC1)Nc1cc(Cl)ccc1-n1cncn1. The first-order valence-corrected chi connectivity index (χ1v) is 9.50. The number of nitrogens with one attached hydrogen (secondary N) is 1. The molecule has 0 unspecified atom stereocenters. The maximum atomic E-state index is 12.3. The first-order chi connectivity index (χ1) is 11.4. The van der Waals surface area contributed by atoms with Crippen molar-refractivity contribution >= 4 is 33.0 Å². The molecular formula is C14H16ClN5O3S. The molecule has 1 aliphatic rings. The Bertz CT molecular complexity index is 824. The minimum atomic E-state index is -2.96. The predicted molar refractivity (Wildman–Crippen MR) is 90.1 cm³/mol. The summed E-state index contributed by atoms with van der Waals surface area (Å²) < 4.78 is 24.4. The number of hydrogen-bond acceptors (Lipinski definition) is 6. The first-order valence-electron chi connectivity index (χ1n) is 7.30. The van der Waals surface area contributed by atoms with Crippen LogP contribution in [-0.4, -0.2) is 65.1 Å². The van der Waals surface area contributed by atoms with Gasteiger partial charge in [-0.25, -0.2) is 18.1 Å². The van der Waals surface area contributed by atoms with Crippen LogP contribution in [0.4, 0.5) is 5.69 Å². The van der Waals surface area contributed by atoms with Crippen LogP contribution in [0.5, 0.6) is 0 Å². The van der Waals surface area contributed by atoms with E-state index in [9.17, 15) is 13.2 Å². The van der Waals surface area contributed by atoms with E-state index in [-0.39, 0.29) is 24.0 Å². The van der Waals surface area contributed by atoms with E-state index in [1.807, 2.05) is 4.90 Å². The van der Waals surface area contributed by atoms with Crippen LogP contribution in [0.2, 0.25) is 5.02 Å². The molecule has 3 rings (SSSR count). The summed E-state index contributed by atoms with van der Waals surface area (Å²) in [5.41, 5.74) is 1.16. The monoisotopic (exact) mass is 369 g/mol. The van der Waals surface area contributed by atoms with Crippen LogP contribution in [0.25, 0.3) is 5.69 Å². The molecule has 0 radical (unpaired) electrons. The molecule has 128 valence electrons. The summed E-state index contributed by atoms with van der Waals surface area (Å²) in [6, 6.07) is 5.07. The fourth-order valence-electron chi connectivity index (χ4n) is 2.44. The van der Waals surface area contributed by atoms with E-state index in [1.54, 1.807) is 18.2 Å². The van der Waals surface area contributed by atoms with Crippen LogP contribution >= 0.6 is 11.6 Å². The topological polar surface area (TPSA) is 97.2 Å². The van der Waals surface area contributed by atoms with Crippen molar-refractivity contribution in [3.63, 3.8) is 0 Å². The molecule has 1 amide bonds. The Kier molecular flexibility index (Phi) is 4.83. The summed E-state index contributed by atoms with van der Waals surface area (Å²) in [7, 11) is -2.96. The Labute approximate surface area is 144 Å². The second-order valence-corrected chi connectivity index (χ2v) is 8.22. The van der Waals surface area contributed by atoms with Crippen molar-refractivity contribution in [2.75, 3.05) is 36.5 Å². The van der Waals surface area contributed by atoms with E-state index in [2.05, 4.69) is 15.4 Å². The highest BCUT2D eigenvalue weighted by molar-refractivity contribution is 7.91. The van der Waals surface area contributed by atoms with Gasteiger partial charge < -0.3 is 5.32 Å². The molecule has 1 aromatic heterocycles. The van der Waals surface area contributed by atoms with Crippen molar-refractivity contribution in [2.24, 2.45) is 0 Å². The van der Waals surface area contributed by atoms with Crippen molar-refractivity contribution in [1.82, 2.24) is 19.7 Å². The van der Waals surface area contributed by atoms with Gasteiger partial charge in [-0.15, -0.1) is 0 Å². The van der Waals surface area contributed by atoms with Gasteiger partial charge in [-0.05, 0) is 18.2 Å². The number of benzene rings is 1. The molecule has 0 atom stereocenters. The summed E-state index contributed by atoms with van der Waals surface area (Å²) in [4.78, 5) is 18.0. The second-order valence-electron chi connectivity index (χ2n) is 5.48. The standard InChI is InChI=1S/C14H16ClN5O3S/c15-11-1-2-13(20-10-16-9-17-20)12(7-11)18-14(21)8-19-3-5-24(22,23)6-4-19/h1-2,7,9-10H,3-6,8H2,(H,18,21). The molecule has 0 aliphatic carbocycles. The lowest BCUT2D eigenvalue weighted by Gasteiger charge is -2.25. The van der Waals surface area contributed by atoms with Crippen LogP contribution in [-0.2, 0) is 14.6 Å². The lowest BCUT2D eigenvalue weighted by Crippen LogP contribution is -2.43. The number of anilines is 1. The predicted octanol–water partition coefficient (Wildman–Crippen LogP) is 0.590. The number of halogens is 1. The van der Waals surface area contributed by atoms with Gasteiger partial charge in [-0.2, -0.15) is 5.10 Å².